The number of hydrogen-bond acceptors (Lipinski definition) is 9. The summed E-state index contributed by atoms with van der Waals surface area (Å²) in [6.45, 7) is 6.36. The predicted octanol–water partition coefficient (Wildman–Crippen LogP) is 1.12. The van der Waals surface area contributed by atoms with Crippen LogP contribution < -0.4 is 20.7 Å². The van der Waals surface area contributed by atoms with E-state index in [0.29, 0.717) is 24.3 Å². The van der Waals surface area contributed by atoms with E-state index < -0.39 is 15.6 Å². The molecule has 1 aliphatic carbocycles. The Hall–Kier alpha value is -3.00. The van der Waals surface area contributed by atoms with Crippen molar-refractivity contribution in [3.8, 4) is 0 Å². The summed E-state index contributed by atoms with van der Waals surface area (Å²) in [5.41, 5.74) is 3.76. The maximum atomic E-state index is 13.9. The van der Waals surface area contributed by atoms with Crippen molar-refractivity contribution in [2.45, 2.75) is 49.7 Å². The lowest BCUT2D eigenvalue weighted by atomic mass is 10.1. The first kappa shape index (κ1) is 25.6. The van der Waals surface area contributed by atoms with E-state index in [1.807, 2.05) is 13.1 Å². The molecule has 0 spiro atoms. The van der Waals surface area contributed by atoms with Gasteiger partial charge in [-0.3, -0.25) is 18.9 Å². The second kappa shape index (κ2) is 9.39. The molecule has 1 saturated carbocycles. The van der Waals surface area contributed by atoms with E-state index in [4.69, 9.17) is 9.82 Å². The van der Waals surface area contributed by atoms with Crippen LogP contribution in [-0.4, -0.2) is 78.0 Å². The van der Waals surface area contributed by atoms with Gasteiger partial charge in [-0.25, -0.2) is 23.6 Å². The average Bonchev–Trinajstić information content (AvgIpc) is 3.41. The Kier molecular flexibility index (Phi) is 6.51. The molecule has 1 aliphatic heterocycles. The van der Waals surface area contributed by atoms with Gasteiger partial charge in [-0.2, -0.15) is 5.10 Å². The molecule has 0 unspecified atom stereocenters. The topological polar surface area (TPSA) is 127 Å². The molecule has 0 radical (unpaired) electrons. The highest BCUT2D eigenvalue weighted by atomic mass is 32.2. The fraction of sp³-hybridized carbons (Fsp3) is 0.542. The molecule has 2 fully saturated rings. The van der Waals surface area contributed by atoms with Crippen LogP contribution in [-0.2, 0) is 28.5 Å². The van der Waals surface area contributed by atoms with E-state index in [1.165, 1.54) is 17.7 Å². The summed E-state index contributed by atoms with van der Waals surface area (Å²) in [4.78, 5) is 28.3. The minimum Gasteiger partial charge on any atom is -0.367 e. The number of aryl methyl sites for hydroxylation is 1. The number of piperazine rings is 1. The molecule has 1 atom stereocenters. The van der Waals surface area contributed by atoms with Crippen molar-refractivity contribution in [1.82, 2.24) is 29.0 Å². The van der Waals surface area contributed by atoms with Gasteiger partial charge >= 0.3 is 0 Å². The van der Waals surface area contributed by atoms with Gasteiger partial charge in [-0.15, -0.1) is 0 Å². The van der Waals surface area contributed by atoms with Gasteiger partial charge in [0.15, 0.2) is 0 Å². The van der Waals surface area contributed by atoms with E-state index in [1.54, 1.807) is 24.0 Å². The Morgan fingerprint density at radius 1 is 1.22 bits per heavy atom. The molecular formula is C24H34N8O4S. The van der Waals surface area contributed by atoms with Gasteiger partial charge in [0.1, 0.15) is 5.52 Å². The third-order valence-corrected chi connectivity index (χ3v) is 8.91. The van der Waals surface area contributed by atoms with Crippen molar-refractivity contribution in [2.24, 2.45) is 7.05 Å². The zero-order chi connectivity index (χ0) is 26.5. The van der Waals surface area contributed by atoms with Crippen molar-refractivity contribution in [2.75, 3.05) is 44.2 Å². The van der Waals surface area contributed by atoms with Crippen LogP contribution in [0, 0.1) is 0 Å². The highest BCUT2D eigenvalue weighted by Crippen LogP contribution is 2.37. The Balaban J connectivity index is 1.71. The fourth-order valence-corrected chi connectivity index (χ4v) is 6.18. The van der Waals surface area contributed by atoms with Gasteiger partial charge in [0.25, 0.3) is 5.56 Å². The second-order valence-electron chi connectivity index (χ2n) is 10.4. The average molecular weight is 531 g/mol. The highest BCUT2D eigenvalue weighted by Gasteiger charge is 2.41. The highest BCUT2D eigenvalue weighted by molar-refractivity contribution is 7.89. The Bertz CT molecular complexity index is 1490. The quantitative estimate of drug-likeness (QED) is 0.412. The SMILES string of the molecule is CONc1nc2c(N3CCN(C)[C@H](C)C3)cc(S(=O)(=O)NC3(C)CC3)cc2c(=O)n1Cc1cnn(C)c1. The van der Waals surface area contributed by atoms with Crippen LogP contribution in [0.5, 0.6) is 0 Å². The van der Waals surface area contributed by atoms with E-state index in [2.05, 4.69) is 39.1 Å². The van der Waals surface area contributed by atoms with Gasteiger partial charge < -0.3 is 9.80 Å². The molecule has 3 heterocycles. The summed E-state index contributed by atoms with van der Waals surface area (Å²) in [6.07, 6.45) is 5.05. The number of aromatic nitrogens is 4. The summed E-state index contributed by atoms with van der Waals surface area (Å²) >= 11 is 0. The zero-order valence-electron chi connectivity index (χ0n) is 21.9. The van der Waals surface area contributed by atoms with E-state index >= 15 is 0 Å². The molecule has 0 amide bonds. The number of rotatable bonds is 8. The van der Waals surface area contributed by atoms with Crippen molar-refractivity contribution < 1.29 is 13.3 Å². The lowest BCUT2D eigenvalue weighted by molar-refractivity contribution is 0.234. The molecule has 13 heteroatoms. The molecule has 1 saturated heterocycles. The first-order chi connectivity index (χ1) is 17.5. The third-order valence-electron chi connectivity index (χ3n) is 7.30. The van der Waals surface area contributed by atoms with Crippen molar-refractivity contribution in [3.63, 3.8) is 0 Å². The van der Waals surface area contributed by atoms with Crippen LogP contribution in [0.15, 0.2) is 34.2 Å². The molecule has 200 valence electrons. The molecule has 2 aromatic heterocycles. The van der Waals surface area contributed by atoms with Gasteiger partial charge in [-0.1, -0.05) is 0 Å². The largest absolute Gasteiger partial charge is 0.367 e. The van der Waals surface area contributed by atoms with E-state index in [-0.39, 0.29) is 34.4 Å². The predicted molar refractivity (Wildman–Crippen MR) is 141 cm³/mol. The monoisotopic (exact) mass is 530 g/mol. The van der Waals surface area contributed by atoms with Crippen LogP contribution in [0.4, 0.5) is 11.6 Å². The Morgan fingerprint density at radius 3 is 2.59 bits per heavy atom. The maximum absolute atomic E-state index is 13.9. The first-order valence-corrected chi connectivity index (χ1v) is 13.8. The fourth-order valence-electron chi connectivity index (χ4n) is 4.67. The normalized spacial score (nSPS) is 19.9. The molecule has 2 aliphatic rings. The summed E-state index contributed by atoms with van der Waals surface area (Å²) in [7, 11) is 1.46. The van der Waals surface area contributed by atoms with Crippen LogP contribution >= 0.6 is 0 Å². The third kappa shape index (κ3) is 5.08. The number of benzene rings is 1. The molecule has 1 aromatic carbocycles. The smallest absolute Gasteiger partial charge is 0.263 e. The molecule has 12 nitrogen and oxygen atoms in total. The molecule has 0 bridgehead atoms. The van der Waals surface area contributed by atoms with Crippen LogP contribution in [0.1, 0.15) is 32.3 Å². The molecule has 3 aromatic rings. The second-order valence-corrected chi connectivity index (χ2v) is 12.1. The summed E-state index contributed by atoms with van der Waals surface area (Å²) in [5, 5.41) is 4.42. The Labute approximate surface area is 216 Å². The summed E-state index contributed by atoms with van der Waals surface area (Å²) in [6, 6.07) is 3.33. The van der Waals surface area contributed by atoms with Crippen molar-refractivity contribution in [3.05, 3.63) is 40.4 Å². The number of likely N-dealkylation sites (N-methyl/N-ethyl adjacent to an activating group) is 1. The van der Waals surface area contributed by atoms with Gasteiger partial charge in [0.05, 0.1) is 35.8 Å². The van der Waals surface area contributed by atoms with Crippen LogP contribution in [0.25, 0.3) is 10.9 Å². The zero-order valence-corrected chi connectivity index (χ0v) is 22.7. The van der Waals surface area contributed by atoms with Crippen LogP contribution in [0.2, 0.25) is 0 Å². The molecule has 37 heavy (non-hydrogen) atoms. The summed E-state index contributed by atoms with van der Waals surface area (Å²) in [5.74, 6) is 0.228. The van der Waals surface area contributed by atoms with Gasteiger partial charge in [-0.05, 0) is 45.9 Å². The number of anilines is 2. The molecule has 5 rings (SSSR count). The first-order valence-electron chi connectivity index (χ1n) is 12.3. The molecular weight excluding hydrogens is 496 g/mol. The molecule has 2 N–H and O–H groups in total. The summed E-state index contributed by atoms with van der Waals surface area (Å²) < 4.78 is 32.8. The van der Waals surface area contributed by atoms with Crippen molar-refractivity contribution >= 4 is 32.6 Å². The minimum atomic E-state index is -3.85. The van der Waals surface area contributed by atoms with E-state index in [0.717, 1.165) is 24.9 Å². The van der Waals surface area contributed by atoms with Crippen LogP contribution in [0.3, 0.4) is 0 Å². The minimum absolute atomic E-state index is 0.0639. The standard InChI is InChI=1S/C24H34N8O4S/c1-16-13-31(9-8-29(16)3)20-11-18(37(34,35)28-24(2)6-7-24)10-19-21(20)26-23(27-36-5)32(22(19)33)15-17-12-25-30(4)14-17/h10-12,14,16,28H,6-9,13,15H2,1-5H3,(H,26,27)/t16-/m1/s1. The lowest BCUT2D eigenvalue weighted by Gasteiger charge is -2.39. The number of nitrogens with zero attached hydrogens (tertiary/aromatic N) is 6. The number of fused-ring (bicyclic) bond motifs is 1. The van der Waals surface area contributed by atoms with Crippen molar-refractivity contribution in [1.29, 1.82) is 0 Å². The van der Waals surface area contributed by atoms with Gasteiger partial charge in [0, 0.05) is 50.0 Å². The number of nitrogens with one attached hydrogen (secondary N) is 2. The Morgan fingerprint density at radius 2 is 1.97 bits per heavy atom. The maximum Gasteiger partial charge on any atom is 0.263 e. The number of sulfonamides is 1. The number of hydrogen-bond donors (Lipinski definition) is 2. The van der Waals surface area contributed by atoms with E-state index in [9.17, 15) is 13.2 Å². The van der Waals surface area contributed by atoms with Gasteiger partial charge in [0.2, 0.25) is 16.0 Å². The lowest BCUT2D eigenvalue weighted by Crippen LogP contribution is -2.50.